The van der Waals surface area contributed by atoms with E-state index in [0.29, 0.717) is 34.2 Å². The second-order valence-electron chi connectivity index (χ2n) is 7.42. The fraction of sp³-hybridized carbons (Fsp3) is 0.154. The highest BCUT2D eigenvalue weighted by Gasteiger charge is 2.11. The van der Waals surface area contributed by atoms with Crippen molar-refractivity contribution in [1.29, 1.82) is 0 Å². The number of nitrogens with zero attached hydrogens (tertiary/aromatic N) is 2. The fourth-order valence-electron chi connectivity index (χ4n) is 3.64. The molecule has 0 unspecified atom stereocenters. The van der Waals surface area contributed by atoms with Crippen LogP contribution >= 0.6 is 11.3 Å². The van der Waals surface area contributed by atoms with Crippen molar-refractivity contribution < 1.29 is 18.9 Å². The molecular formula is C26H22N2O5S. The molecule has 2 heterocycles. The Bertz CT molecular complexity index is 1560. The molecule has 3 aromatic carbocycles. The SMILES string of the molecule is COc1ccc(OCCOc2ccc(C=c3sc4nc5ccccc5n4c3=O)cc2OC)cc1. The molecule has 0 radical (unpaired) electrons. The quantitative estimate of drug-likeness (QED) is 0.318. The summed E-state index contributed by atoms with van der Waals surface area (Å²) in [7, 11) is 3.21. The Morgan fingerprint density at radius 2 is 1.65 bits per heavy atom. The summed E-state index contributed by atoms with van der Waals surface area (Å²) in [5, 5.41) is 0. The number of para-hydroxylation sites is 2. The molecule has 0 bridgehead atoms. The van der Waals surface area contributed by atoms with Crippen LogP contribution in [0.15, 0.2) is 71.5 Å². The molecule has 0 aliphatic rings. The van der Waals surface area contributed by atoms with Gasteiger partial charge >= 0.3 is 0 Å². The third-order valence-corrected chi connectivity index (χ3v) is 6.27. The molecule has 0 aliphatic heterocycles. The number of fused-ring (bicyclic) bond motifs is 3. The van der Waals surface area contributed by atoms with Crippen molar-refractivity contribution in [2.45, 2.75) is 0 Å². The first-order valence-electron chi connectivity index (χ1n) is 10.7. The van der Waals surface area contributed by atoms with Gasteiger partial charge in [-0.25, -0.2) is 9.38 Å². The first-order valence-corrected chi connectivity index (χ1v) is 11.5. The number of rotatable bonds is 8. The van der Waals surface area contributed by atoms with E-state index in [4.69, 9.17) is 18.9 Å². The predicted molar refractivity (Wildman–Crippen MR) is 133 cm³/mol. The molecular weight excluding hydrogens is 452 g/mol. The maximum atomic E-state index is 13.0. The summed E-state index contributed by atoms with van der Waals surface area (Å²) in [6, 6.07) is 20.6. The molecule has 34 heavy (non-hydrogen) atoms. The zero-order valence-corrected chi connectivity index (χ0v) is 19.5. The monoisotopic (exact) mass is 474 g/mol. The van der Waals surface area contributed by atoms with Crippen molar-refractivity contribution in [1.82, 2.24) is 9.38 Å². The molecule has 5 aromatic rings. The lowest BCUT2D eigenvalue weighted by Crippen LogP contribution is -2.22. The molecule has 0 N–H and O–H groups in total. The topological polar surface area (TPSA) is 71.3 Å². The van der Waals surface area contributed by atoms with Crippen LogP contribution < -0.4 is 29.0 Å². The van der Waals surface area contributed by atoms with Gasteiger partial charge in [0.25, 0.3) is 5.56 Å². The van der Waals surface area contributed by atoms with E-state index in [1.807, 2.05) is 72.8 Å². The highest BCUT2D eigenvalue weighted by molar-refractivity contribution is 7.15. The molecule has 0 saturated heterocycles. The molecule has 2 aromatic heterocycles. The van der Waals surface area contributed by atoms with E-state index >= 15 is 0 Å². The van der Waals surface area contributed by atoms with Gasteiger partial charge in [-0.2, -0.15) is 0 Å². The van der Waals surface area contributed by atoms with Gasteiger partial charge in [0, 0.05) is 0 Å². The van der Waals surface area contributed by atoms with Crippen LogP contribution in [0, 0.1) is 0 Å². The molecule has 0 fully saturated rings. The summed E-state index contributed by atoms with van der Waals surface area (Å²) in [5.74, 6) is 2.70. The molecule has 8 heteroatoms. The summed E-state index contributed by atoms with van der Waals surface area (Å²) in [6.07, 6.45) is 1.84. The molecule has 7 nitrogen and oxygen atoms in total. The van der Waals surface area contributed by atoms with Gasteiger partial charge in [-0.05, 0) is 60.2 Å². The third kappa shape index (κ3) is 4.27. The van der Waals surface area contributed by atoms with Crippen molar-refractivity contribution in [3.63, 3.8) is 0 Å². The van der Waals surface area contributed by atoms with Crippen molar-refractivity contribution in [3.05, 3.63) is 87.2 Å². The highest BCUT2D eigenvalue weighted by Crippen LogP contribution is 2.28. The van der Waals surface area contributed by atoms with E-state index in [9.17, 15) is 4.79 Å². The molecule has 172 valence electrons. The Morgan fingerprint density at radius 1 is 0.882 bits per heavy atom. The Balaban J connectivity index is 1.31. The van der Waals surface area contributed by atoms with Gasteiger partial charge in [0.15, 0.2) is 16.5 Å². The predicted octanol–water partition coefficient (Wildman–Crippen LogP) is 3.93. The van der Waals surface area contributed by atoms with Gasteiger partial charge in [-0.1, -0.05) is 29.5 Å². The average Bonchev–Trinajstić information content (AvgIpc) is 3.38. The van der Waals surface area contributed by atoms with Crippen molar-refractivity contribution in [3.8, 4) is 23.0 Å². The minimum Gasteiger partial charge on any atom is -0.497 e. The lowest BCUT2D eigenvalue weighted by Gasteiger charge is -2.12. The first kappa shape index (κ1) is 21.8. The van der Waals surface area contributed by atoms with E-state index in [0.717, 1.165) is 28.1 Å². The molecule has 0 saturated carbocycles. The Morgan fingerprint density at radius 3 is 2.44 bits per heavy atom. The van der Waals surface area contributed by atoms with E-state index in [2.05, 4.69) is 4.98 Å². The maximum Gasteiger partial charge on any atom is 0.274 e. The zero-order chi connectivity index (χ0) is 23.5. The number of aromatic nitrogens is 2. The molecule has 0 aliphatic carbocycles. The van der Waals surface area contributed by atoms with Gasteiger partial charge in [-0.15, -0.1) is 0 Å². The maximum absolute atomic E-state index is 13.0. The van der Waals surface area contributed by atoms with Gasteiger partial charge < -0.3 is 18.9 Å². The van der Waals surface area contributed by atoms with Crippen LogP contribution in [0.5, 0.6) is 23.0 Å². The Labute approximate surface area is 199 Å². The number of ether oxygens (including phenoxy) is 4. The van der Waals surface area contributed by atoms with E-state index < -0.39 is 0 Å². The van der Waals surface area contributed by atoms with E-state index in [1.165, 1.54) is 11.3 Å². The summed E-state index contributed by atoms with van der Waals surface area (Å²) in [5.41, 5.74) is 2.39. The van der Waals surface area contributed by atoms with E-state index in [-0.39, 0.29) is 5.56 Å². The van der Waals surface area contributed by atoms with Crippen molar-refractivity contribution in [2.75, 3.05) is 27.4 Å². The van der Waals surface area contributed by atoms with Crippen LogP contribution in [0.3, 0.4) is 0 Å². The van der Waals surface area contributed by atoms with Crippen LogP contribution in [0.1, 0.15) is 5.56 Å². The van der Waals surface area contributed by atoms with Gasteiger partial charge in [0.2, 0.25) is 0 Å². The molecule has 0 amide bonds. The minimum atomic E-state index is -0.0799. The lowest BCUT2D eigenvalue weighted by molar-refractivity contribution is 0.211. The van der Waals surface area contributed by atoms with Crippen LogP contribution in [-0.4, -0.2) is 36.8 Å². The largest absolute Gasteiger partial charge is 0.497 e. The fourth-order valence-corrected chi connectivity index (χ4v) is 4.63. The second kappa shape index (κ2) is 9.44. The lowest BCUT2D eigenvalue weighted by atomic mass is 10.2. The Kier molecular flexibility index (Phi) is 6.05. The van der Waals surface area contributed by atoms with Crippen LogP contribution in [0.2, 0.25) is 0 Å². The normalized spacial score (nSPS) is 11.8. The van der Waals surface area contributed by atoms with Crippen LogP contribution in [-0.2, 0) is 0 Å². The number of thiazole rings is 1. The number of methoxy groups -OCH3 is 2. The average molecular weight is 475 g/mol. The molecule has 5 rings (SSSR count). The summed E-state index contributed by atoms with van der Waals surface area (Å²) < 4.78 is 24.5. The van der Waals surface area contributed by atoms with Crippen molar-refractivity contribution >= 4 is 33.4 Å². The Hall–Kier alpha value is -4.04. The third-order valence-electron chi connectivity index (χ3n) is 5.30. The van der Waals surface area contributed by atoms with E-state index in [1.54, 1.807) is 18.6 Å². The number of hydrogen-bond acceptors (Lipinski definition) is 7. The number of imidazole rings is 1. The number of hydrogen-bond donors (Lipinski definition) is 0. The molecule has 0 atom stereocenters. The molecule has 0 spiro atoms. The van der Waals surface area contributed by atoms with Crippen LogP contribution in [0.4, 0.5) is 0 Å². The smallest absolute Gasteiger partial charge is 0.274 e. The minimum absolute atomic E-state index is 0.0799. The zero-order valence-electron chi connectivity index (χ0n) is 18.7. The highest BCUT2D eigenvalue weighted by atomic mass is 32.1. The van der Waals surface area contributed by atoms with Crippen LogP contribution in [0.25, 0.3) is 22.1 Å². The number of benzene rings is 3. The summed E-state index contributed by atoms with van der Waals surface area (Å²) in [4.78, 5) is 18.2. The van der Waals surface area contributed by atoms with Gasteiger partial charge in [0.05, 0.1) is 29.8 Å². The standard InChI is InChI=1S/C26H22N2O5S/c1-30-18-8-10-19(11-9-18)32-13-14-33-22-12-7-17(15-23(22)31-2)16-24-25(29)28-21-6-4-3-5-20(21)27-26(28)34-24/h3-12,15-16H,13-14H2,1-2H3. The summed E-state index contributed by atoms with van der Waals surface area (Å²) >= 11 is 1.37. The van der Waals surface area contributed by atoms with Gasteiger partial charge in [-0.3, -0.25) is 4.79 Å². The van der Waals surface area contributed by atoms with Gasteiger partial charge in [0.1, 0.15) is 24.7 Å². The van der Waals surface area contributed by atoms with Crippen molar-refractivity contribution in [2.24, 2.45) is 0 Å². The second-order valence-corrected chi connectivity index (χ2v) is 8.43. The summed E-state index contributed by atoms with van der Waals surface area (Å²) in [6.45, 7) is 0.733. The first-order chi connectivity index (χ1) is 16.7.